The van der Waals surface area contributed by atoms with E-state index in [1.807, 2.05) is 6.92 Å². The lowest BCUT2D eigenvalue weighted by Crippen LogP contribution is -2.09. The number of methoxy groups -OCH3 is 1. The van der Waals surface area contributed by atoms with E-state index >= 15 is 0 Å². The Bertz CT molecular complexity index is 1010. The molecule has 0 atom stereocenters. The normalized spacial score (nSPS) is 10.5. The highest BCUT2D eigenvalue weighted by Crippen LogP contribution is 2.24. The van der Waals surface area contributed by atoms with Crippen molar-refractivity contribution in [3.05, 3.63) is 70.9 Å². The van der Waals surface area contributed by atoms with E-state index < -0.39 is 5.97 Å². The van der Waals surface area contributed by atoms with E-state index in [1.165, 1.54) is 30.1 Å². The van der Waals surface area contributed by atoms with Gasteiger partial charge in [-0.25, -0.2) is 9.48 Å². The number of ketones is 1. The summed E-state index contributed by atoms with van der Waals surface area (Å²) in [5, 5.41) is 13.4. The van der Waals surface area contributed by atoms with E-state index in [0.29, 0.717) is 17.0 Å². The van der Waals surface area contributed by atoms with Gasteiger partial charge in [-0.3, -0.25) is 4.79 Å². The lowest BCUT2D eigenvalue weighted by Gasteiger charge is -2.09. The molecule has 1 heterocycles. The smallest absolute Gasteiger partial charge is 0.335 e. The quantitative estimate of drug-likeness (QED) is 0.684. The van der Waals surface area contributed by atoms with E-state index in [2.05, 4.69) is 5.10 Å². The highest BCUT2D eigenvalue weighted by atomic mass is 16.5. The Kier molecular flexibility index (Phi) is 4.45. The van der Waals surface area contributed by atoms with Crippen LogP contribution in [0.1, 0.15) is 31.8 Å². The van der Waals surface area contributed by atoms with Crippen molar-refractivity contribution >= 4 is 17.6 Å². The van der Waals surface area contributed by atoms with Crippen LogP contribution in [0.5, 0.6) is 5.75 Å². The molecule has 0 aliphatic carbocycles. The summed E-state index contributed by atoms with van der Waals surface area (Å²) in [6, 6.07) is 11.4. The third-order valence-electron chi connectivity index (χ3n) is 4.07. The second-order valence-electron chi connectivity index (χ2n) is 5.72. The lowest BCUT2D eigenvalue weighted by atomic mass is 10.1. The van der Waals surface area contributed by atoms with Gasteiger partial charge in [0.1, 0.15) is 11.6 Å². The number of benzene rings is 2. The predicted octanol–water partition coefficient (Wildman–Crippen LogP) is 2.70. The second kappa shape index (κ2) is 6.72. The molecule has 3 aromatic rings. The number of carbonyl (C=O) groups excluding carboxylic acids is 1. The van der Waals surface area contributed by atoms with Gasteiger partial charge in [0.25, 0.3) is 0 Å². The minimum atomic E-state index is -1.05. The van der Waals surface area contributed by atoms with E-state index in [-0.39, 0.29) is 22.7 Å². The molecule has 0 spiro atoms. The highest BCUT2D eigenvalue weighted by Gasteiger charge is 2.19. The number of rotatable bonds is 5. The van der Waals surface area contributed by atoms with E-state index in [4.69, 9.17) is 10.5 Å². The van der Waals surface area contributed by atoms with Gasteiger partial charge in [-0.1, -0.05) is 18.2 Å². The lowest BCUT2D eigenvalue weighted by molar-refractivity contribution is 0.0696. The maximum absolute atomic E-state index is 12.8. The van der Waals surface area contributed by atoms with Crippen LogP contribution in [0, 0.1) is 6.92 Å². The van der Waals surface area contributed by atoms with E-state index in [1.54, 1.807) is 30.3 Å². The largest absolute Gasteiger partial charge is 0.497 e. The molecule has 7 heteroatoms. The molecule has 0 aliphatic heterocycles. The molecule has 0 saturated heterocycles. The molecule has 0 amide bonds. The van der Waals surface area contributed by atoms with E-state index in [0.717, 1.165) is 5.56 Å². The number of hydrogen-bond donors (Lipinski definition) is 2. The molecule has 7 nitrogen and oxygen atoms in total. The highest BCUT2D eigenvalue weighted by molar-refractivity contribution is 6.11. The van der Waals surface area contributed by atoms with Crippen LogP contribution in [0.25, 0.3) is 5.69 Å². The van der Waals surface area contributed by atoms with Crippen LogP contribution in [0.2, 0.25) is 0 Å². The van der Waals surface area contributed by atoms with Crippen molar-refractivity contribution in [2.45, 2.75) is 6.92 Å². The number of nitrogens with two attached hydrogens (primary N) is 1. The Morgan fingerprint density at radius 1 is 1.15 bits per heavy atom. The SMILES string of the molecule is COc1cccc(C(=O)c2cnn(-c3cc(C(=O)O)ccc3C)c2N)c1. The fourth-order valence-electron chi connectivity index (χ4n) is 2.62. The van der Waals surface area contributed by atoms with Gasteiger partial charge in [0.05, 0.1) is 30.1 Å². The van der Waals surface area contributed by atoms with Gasteiger partial charge in [0.15, 0.2) is 5.78 Å². The van der Waals surface area contributed by atoms with E-state index in [9.17, 15) is 14.7 Å². The van der Waals surface area contributed by atoms with Gasteiger partial charge in [-0.15, -0.1) is 0 Å². The molecule has 0 fully saturated rings. The third-order valence-corrected chi connectivity index (χ3v) is 4.07. The van der Waals surface area contributed by atoms with Crippen LogP contribution in [0.3, 0.4) is 0 Å². The zero-order valence-corrected chi connectivity index (χ0v) is 14.3. The Balaban J connectivity index is 2.04. The fraction of sp³-hybridized carbons (Fsp3) is 0.105. The van der Waals surface area contributed by atoms with Gasteiger partial charge in [-0.2, -0.15) is 5.10 Å². The molecular weight excluding hydrogens is 334 g/mol. The number of ether oxygens (including phenoxy) is 1. The molecule has 1 aromatic heterocycles. The molecule has 0 radical (unpaired) electrons. The van der Waals surface area contributed by atoms with Gasteiger partial charge in [-0.05, 0) is 36.8 Å². The molecule has 2 aromatic carbocycles. The monoisotopic (exact) mass is 351 g/mol. The summed E-state index contributed by atoms with van der Waals surface area (Å²) in [4.78, 5) is 24.0. The second-order valence-corrected chi connectivity index (χ2v) is 5.72. The number of nitrogen functional groups attached to an aromatic ring is 1. The number of hydrogen-bond acceptors (Lipinski definition) is 5. The standard InChI is InChI=1S/C19H17N3O4/c1-11-6-7-13(19(24)25)9-16(11)22-18(20)15(10-21-22)17(23)12-4-3-5-14(8-12)26-2/h3-10H,20H2,1-2H3,(H,24,25). The number of aromatic nitrogens is 2. The van der Waals surface area contributed by atoms with Crippen molar-refractivity contribution in [3.8, 4) is 11.4 Å². The average molecular weight is 351 g/mol. The molecule has 3 rings (SSSR count). The number of aryl methyl sites for hydroxylation is 1. The van der Waals surface area contributed by atoms with Crippen LogP contribution in [-0.4, -0.2) is 33.7 Å². The fourth-order valence-corrected chi connectivity index (χ4v) is 2.62. The summed E-state index contributed by atoms with van der Waals surface area (Å²) >= 11 is 0. The first-order chi connectivity index (χ1) is 12.4. The van der Waals surface area contributed by atoms with Crippen molar-refractivity contribution in [2.75, 3.05) is 12.8 Å². The maximum atomic E-state index is 12.8. The summed E-state index contributed by atoms with van der Waals surface area (Å²) < 4.78 is 6.51. The van der Waals surface area contributed by atoms with Crippen molar-refractivity contribution in [1.82, 2.24) is 9.78 Å². The molecule has 0 unspecified atom stereocenters. The number of nitrogens with zero attached hydrogens (tertiary/aromatic N) is 2. The molecule has 26 heavy (non-hydrogen) atoms. The minimum Gasteiger partial charge on any atom is -0.497 e. The van der Waals surface area contributed by atoms with Gasteiger partial charge in [0, 0.05) is 5.56 Å². The summed E-state index contributed by atoms with van der Waals surface area (Å²) in [5.74, 6) is -0.639. The first-order valence-electron chi connectivity index (χ1n) is 7.79. The van der Waals surface area contributed by atoms with Gasteiger partial charge < -0.3 is 15.6 Å². The number of anilines is 1. The Hall–Kier alpha value is -3.61. The summed E-state index contributed by atoms with van der Waals surface area (Å²) in [6.45, 7) is 1.81. The topological polar surface area (TPSA) is 107 Å². The van der Waals surface area contributed by atoms with Crippen molar-refractivity contribution in [1.29, 1.82) is 0 Å². The van der Waals surface area contributed by atoms with Gasteiger partial charge in [0.2, 0.25) is 0 Å². The maximum Gasteiger partial charge on any atom is 0.335 e. The van der Waals surface area contributed by atoms with Crippen LogP contribution >= 0.6 is 0 Å². The third kappa shape index (κ3) is 3.02. The first-order valence-corrected chi connectivity index (χ1v) is 7.79. The molecule has 132 valence electrons. The molecular formula is C19H17N3O4. The summed E-state index contributed by atoms with van der Waals surface area (Å²) in [5.41, 5.74) is 8.20. The Morgan fingerprint density at radius 2 is 1.92 bits per heavy atom. The molecule has 0 saturated carbocycles. The molecule has 3 N–H and O–H groups in total. The molecule has 0 aliphatic rings. The number of carboxylic acid groups (broad SMARTS) is 1. The molecule has 0 bridgehead atoms. The number of carboxylic acids is 1. The van der Waals surface area contributed by atoms with Crippen LogP contribution < -0.4 is 10.5 Å². The van der Waals surface area contributed by atoms with Crippen molar-refractivity contribution < 1.29 is 19.4 Å². The Labute approximate surface area is 149 Å². The zero-order chi connectivity index (χ0) is 18.8. The number of carbonyl (C=O) groups is 2. The Morgan fingerprint density at radius 3 is 2.62 bits per heavy atom. The summed E-state index contributed by atoms with van der Waals surface area (Å²) in [6.07, 6.45) is 1.38. The zero-order valence-electron chi connectivity index (χ0n) is 14.3. The first kappa shape index (κ1) is 17.2. The van der Waals surface area contributed by atoms with Crippen LogP contribution in [0.15, 0.2) is 48.7 Å². The van der Waals surface area contributed by atoms with Crippen LogP contribution in [-0.2, 0) is 0 Å². The van der Waals surface area contributed by atoms with Crippen molar-refractivity contribution in [3.63, 3.8) is 0 Å². The number of aromatic carboxylic acids is 1. The summed E-state index contributed by atoms with van der Waals surface area (Å²) in [7, 11) is 1.52. The predicted molar refractivity (Wildman–Crippen MR) is 96.1 cm³/mol. The van der Waals surface area contributed by atoms with Crippen LogP contribution in [0.4, 0.5) is 5.82 Å². The van der Waals surface area contributed by atoms with Crippen molar-refractivity contribution in [2.24, 2.45) is 0 Å². The van der Waals surface area contributed by atoms with Gasteiger partial charge >= 0.3 is 5.97 Å². The minimum absolute atomic E-state index is 0.112. The average Bonchev–Trinajstić information content (AvgIpc) is 3.02.